The summed E-state index contributed by atoms with van der Waals surface area (Å²) < 4.78 is 5.38. The van der Waals surface area contributed by atoms with Crippen LogP contribution in [-0.4, -0.2) is 29.7 Å². The predicted octanol–water partition coefficient (Wildman–Crippen LogP) is 4.29. The van der Waals surface area contributed by atoms with Gasteiger partial charge in [0.2, 0.25) is 0 Å². The molecule has 2 aromatic heterocycles. The number of hydrogen-bond donors (Lipinski definition) is 1. The van der Waals surface area contributed by atoms with Crippen molar-refractivity contribution in [1.29, 1.82) is 0 Å². The second kappa shape index (κ2) is 7.27. The monoisotopic (exact) mass is 337 g/mol. The van der Waals surface area contributed by atoms with Crippen LogP contribution in [0.15, 0.2) is 30.7 Å². The van der Waals surface area contributed by atoms with Crippen LogP contribution in [0, 0.1) is 5.92 Å². The van der Waals surface area contributed by atoms with E-state index in [0.29, 0.717) is 16.1 Å². The molecular weight excluding hydrogens is 321 g/mol. The van der Waals surface area contributed by atoms with Crippen molar-refractivity contribution in [2.45, 2.75) is 12.8 Å². The Morgan fingerprint density at radius 1 is 1.18 bits per heavy atom. The van der Waals surface area contributed by atoms with Crippen LogP contribution in [0.5, 0.6) is 0 Å². The van der Waals surface area contributed by atoms with Crippen molar-refractivity contribution < 1.29 is 4.74 Å². The molecule has 0 radical (unpaired) electrons. The molecule has 1 aliphatic heterocycles. The van der Waals surface area contributed by atoms with Gasteiger partial charge in [0.1, 0.15) is 5.15 Å². The van der Waals surface area contributed by atoms with Gasteiger partial charge in [0, 0.05) is 43.3 Å². The van der Waals surface area contributed by atoms with Gasteiger partial charge in [-0.15, -0.1) is 0 Å². The number of pyridine rings is 2. The van der Waals surface area contributed by atoms with Gasteiger partial charge in [-0.2, -0.15) is 0 Å². The zero-order valence-electron chi connectivity index (χ0n) is 12.1. The molecule has 0 atom stereocenters. The van der Waals surface area contributed by atoms with E-state index < -0.39 is 0 Å². The van der Waals surface area contributed by atoms with Crippen LogP contribution in [0.1, 0.15) is 12.8 Å². The second-order valence-corrected chi connectivity index (χ2v) is 6.12. The van der Waals surface area contributed by atoms with E-state index in [0.717, 1.165) is 49.4 Å². The summed E-state index contributed by atoms with van der Waals surface area (Å²) in [4.78, 5) is 8.26. The molecule has 1 fully saturated rings. The van der Waals surface area contributed by atoms with Crippen LogP contribution in [-0.2, 0) is 4.74 Å². The summed E-state index contributed by atoms with van der Waals surface area (Å²) in [5, 5.41) is 4.43. The highest BCUT2D eigenvalue weighted by Crippen LogP contribution is 2.33. The fraction of sp³-hybridized carbons (Fsp3) is 0.375. The average molecular weight is 338 g/mol. The lowest BCUT2D eigenvalue weighted by atomic mass is 10.0. The van der Waals surface area contributed by atoms with Crippen LogP contribution in [0.2, 0.25) is 10.2 Å². The zero-order valence-corrected chi connectivity index (χ0v) is 13.6. The molecule has 0 saturated carbocycles. The number of anilines is 1. The van der Waals surface area contributed by atoms with E-state index in [-0.39, 0.29) is 0 Å². The van der Waals surface area contributed by atoms with E-state index in [1.54, 1.807) is 18.6 Å². The van der Waals surface area contributed by atoms with Gasteiger partial charge in [-0.3, -0.25) is 4.98 Å². The number of ether oxygens (including phenoxy) is 1. The number of nitrogens with one attached hydrogen (secondary N) is 1. The lowest BCUT2D eigenvalue weighted by molar-refractivity contribution is 0.0699. The molecule has 0 aromatic carbocycles. The van der Waals surface area contributed by atoms with Crippen molar-refractivity contribution in [3.63, 3.8) is 0 Å². The van der Waals surface area contributed by atoms with Gasteiger partial charge in [-0.25, -0.2) is 4.98 Å². The molecule has 0 amide bonds. The third-order valence-electron chi connectivity index (χ3n) is 3.84. The van der Waals surface area contributed by atoms with Crippen molar-refractivity contribution in [2.24, 2.45) is 5.92 Å². The van der Waals surface area contributed by atoms with Crippen molar-refractivity contribution in [3.05, 3.63) is 40.9 Å². The molecule has 0 bridgehead atoms. The summed E-state index contributed by atoms with van der Waals surface area (Å²) in [6.45, 7) is 2.61. The number of aromatic nitrogens is 2. The number of nitrogens with zero attached hydrogens (tertiary/aromatic N) is 2. The first-order valence-corrected chi connectivity index (χ1v) is 8.06. The minimum atomic E-state index is 0.435. The third kappa shape index (κ3) is 3.69. The van der Waals surface area contributed by atoms with Gasteiger partial charge in [-0.05, 0) is 30.9 Å². The molecule has 0 spiro atoms. The molecule has 3 rings (SSSR count). The Balaban J connectivity index is 1.76. The number of halogens is 2. The van der Waals surface area contributed by atoms with Crippen LogP contribution in [0.4, 0.5) is 5.69 Å². The molecule has 3 heterocycles. The molecular formula is C16H17Cl2N3O. The molecule has 0 unspecified atom stereocenters. The lowest BCUT2D eigenvalue weighted by Gasteiger charge is -2.22. The van der Waals surface area contributed by atoms with E-state index in [2.05, 4.69) is 15.3 Å². The van der Waals surface area contributed by atoms with E-state index in [1.807, 2.05) is 12.1 Å². The van der Waals surface area contributed by atoms with Gasteiger partial charge in [0.25, 0.3) is 0 Å². The van der Waals surface area contributed by atoms with Crippen molar-refractivity contribution >= 4 is 28.9 Å². The smallest absolute Gasteiger partial charge is 0.137 e. The third-order valence-corrected chi connectivity index (χ3v) is 4.44. The summed E-state index contributed by atoms with van der Waals surface area (Å²) >= 11 is 12.4. The largest absolute Gasteiger partial charge is 0.384 e. The topological polar surface area (TPSA) is 47.0 Å². The highest BCUT2D eigenvalue weighted by atomic mass is 35.5. The van der Waals surface area contributed by atoms with Crippen LogP contribution in [0.25, 0.3) is 11.1 Å². The highest BCUT2D eigenvalue weighted by Gasteiger charge is 2.14. The van der Waals surface area contributed by atoms with Gasteiger partial charge in [-0.1, -0.05) is 23.2 Å². The average Bonchev–Trinajstić information content (AvgIpc) is 2.56. The number of hydrogen-bond acceptors (Lipinski definition) is 4. The minimum Gasteiger partial charge on any atom is -0.384 e. The Morgan fingerprint density at radius 2 is 2.00 bits per heavy atom. The first-order valence-electron chi connectivity index (χ1n) is 7.31. The Hall–Kier alpha value is -1.36. The van der Waals surface area contributed by atoms with Crippen molar-refractivity contribution in [2.75, 3.05) is 25.1 Å². The van der Waals surface area contributed by atoms with Crippen LogP contribution >= 0.6 is 23.2 Å². The van der Waals surface area contributed by atoms with E-state index in [1.165, 1.54) is 0 Å². The van der Waals surface area contributed by atoms with Crippen LogP contribution < -0.4 is 5.32 Å². The molecule has 4 nitrogen and oxygen atoms in total. The lowest BCUT2D eigenvalue weighted by Crippen LogP contribution is -2.22. The van der Waals surface area contributed by atoms with E-state index >= 15 is 0 Å². The van der Waals surface area contributed by atoms with E-state index in [4.69, 9.17) is 27.9 Å². The molecule has 1 saturated heterocycles. The Morgan fingerprint density at radius 3 is 2.77 bits per heavy atom. The molecule has 116 valence electrons. The number of rotatable bonds is 4. The first kappa shape index (κ1) is 15.5. The molecule has 6 heteroatoms. The summed E-state index contributed by atoms with van der Waals surface area (Å²) in [6, 6.07) is 3.82. The summed E-state index contributed by atoms with van der Waals surface area (Å²) in [5.74, 6) is 0.636. The molecule has 0 aliphatic carbocycles. The standard InChI is InChI=1S/C16H17Cl2N3O/c17-15-10-19-4-1-13(15)14-7-12(9-21-16(14)18)20-8-11-2-5-22-6-3-11/h1,4,7,9-11,20H,2-3,5-6,8H2. The SMILES string of the molecule is Clc1cnccc1-c1cc(NCC2CCOCC2)cnc1Cl. The van der Waals surface area contributed by atoms with Gasteiger partial charge >= 0.3 is 0 Å². The normalized spacial score (nSPS) is 15.7. The summed E-state index contributed by atoms with van der Waals surface area (Å²) in [6.07, 6.45) is 7.24. The highest BCUT2D eigenvalue weighted by molar-refractivity contribution is 6.35. The molecule has 1 aliphatic rings. The maximum absolute atomic E-state index is 6.22. The predicted molar refractivity (Wildman–Crippen MR) is 89.5 cm³/mol. The zero-order chi connectivity index (χ0) is 15.4. The van der Waals surface area contributed by atoms with Crippen LogP contribution in [0.3, 0.4) is 0 Å². The molecule has 1 N–H and O–H groups in total. The maximum atomic E-state index is 6.22. The van der Waals surface area contributed by atoms with Crippen molar-refractivity contribution in [3.8, 4) is 11.1 Å². The van der Waals surface area contributed by atoms with Gasteiger partial charge in [0.15, 0.2) is 0 Å². The quantitative estimate of drug-likeness (QED) is 0.845. The Labute approximate surface area is 139 Å². The summed E-state index contributed by atoms with van der Waals surface area (Å²) in [7, 11) is 0. The molecule has 22 heavy (non-hydrogen) atoms. The Bertz CT molecular complexity index is 645. The van der Waals surface area contributed by atoms with Gasteiger partial charge < -0.3 is 10.1 Å². The first-order chi connectivity index (χ1) is 10.7. The fourth-order valence-electron chi connectivity index (χ4n) is 2.54. The maximum Gasteiger partial charge on any atom is 0.137 e. The molecule has 2 aromatic rings. The van der Waals surface area contributed by atoms with Crippen molar-refractivity contribution in [1.82, 2.24) is 9.97 Å². The Kier molecular flexibility index (Phi) is 5.13. The minimum absolute atomic E-state index is 0.435. The van der Waals surface area contributed by atoms with E-state index in [9.17, 15) is 0 Å². The fourth-order valence-corrected chi connectivity index (χ4v) is 2.97. The second-order valence-electron chi connectivity index (χ2n) is 5.35. The summed E-state index contributed by atoms with van der Waals surface area (Å²) in [5.41, 5.74) is 2.59. The van der Waals surface area contributed by atoms with Gasteiger partial charge in [0.05, 0.1) is 16.9 Å².